The van der Waals surface area contributed by atoms with Crippen molar-refractivity contribution >= 4 is 0 Å². The number of aromatic nitrogens is 5. The summed E-state index contributed by atoms with van der Waals surface area (Å²) in [6, 6.07) is 6.88. The van der Waals surface area contributed by atoms with Crippen molar-refractivity contribution in [2.45, 2.75) is 38.8 Å². The first-order valence-electron chi connectivity index (χ1n) is 9.43. The van der Waals surface area contributed by atoms with Crippen LogP contribution in [-0.2, 0) is 20.1 Å². The van der Waals surface area contributed by atoms with Crippen molar-refractivity contribution in [1.29, 1.82) is 0 Å². The lowest BCUT2D eigenvalue weighted by atomic mass is 9.96. The molecule has 1 saturated heterocycles. The standard InChI is InChI=1S/C20H25FN6/c1-15-22-8-10-27(15)14-19-23-24-20(25(19)2)17-6-4-9-26(13-17)12-16-5-3-7-18(21)11-16/h3,5,7-8,10-11,17H,4,6,9,12-14H2,1-2H3/t17-/m1/s1. The van der Waals surface area contributed by atoms with Gasteiger partial charge in [0.1, 0.15) is 17.5 Å². The largest absolute Gasteiger partial charge is 0.328 e. The van der Waals surface area contributed by atoms with E-state index in [0.717, 1.165) is 55.5 Å². The Morgan fingerprint density at radius 2 is 2.11 bits per heavy atom. The van der Waals surface area contributed by atoms with Crippen LogP contribution >= 0.6 is 0 Å². The lowest BCUT2D eigenvalue weighted by Gasteiger charge is -2.32. The highest BCUT2D eigenvalue weighted by Crippen LogP contribution is 2.27. The van der Waals surface area contributed by atoms with Gasteiger partial charge in [0.2, 0.25) is 0 Å². The lowest BCUT2D eigenvalue weighted by molar-refractivity contribution is 0.195. The molecule has 1 aromatic carbocycles. The van der Waals surface area contributed by atoms with E-state index in [1.54, 1.807) is 18.3 Å². The molecule has 1 fully saturated rings. The molecule has 2 aromatic heterocycles. The van der Waals surface area contributed by atoms with Crippen LogP contribution in [0.4, 0.5) is 4.39 Å². The Hall–Kier alpha value is -2.54. The maximum absolute atomic E-state index is 13.5. The summed E-state index contributed by atoms with van der Waals surface area (Å²) >= 11 is 0. The zero-order chi connectivity index (χ0) is 18.8. The molecule has 27 heavy (non-hydrogen) atoms. The summed E-state index contributed by atoms with van der Waals surface area (Å²) in [7, 11) is 2.04. The number of hydrogen-bond acceptors (Lipinski definition) is 4. The monoisotopic (exact) mass is 368 g/mol. The normalized spacial score (nSPS) is 18.1. The van der Waals surface area contributed by atoms with Crippen LogP contribution in [0, 0.1) is 12.7 Å². The van der Waals surface area contributed by atoms with Crippen LogP contribution in [0.1, 0.15) is 41.8 Å². The fourth-order valence-electron chi connectivity index (χ4n) is 3.90. The van der Waals surface area contributed by atoms with Gasteiger partial charge in [-0.3, -0.25) is 4.90 Å². The second kappa shape index (κ2) is 7.60. The molecular weight excluding hydrogens is 343 g/mol. The minimum Gasteiger partial charge on any atom is -0.328 e. The second-order valence-corrected chi connectivity index (χ2v) is 7.34. The van der Waals surface area contributed by atoms with E-state index in [2.05, 4.69) is 29.2 Å². The van der Waals surface area contributed by atoms with Gasteiger partial charge in [0, 0.05) is 38.4 Å². The third-order valence-electron chi connectivity index (χ3n) is 5.40. The molecule has 0 radical (unpaired) electrons. The highest BCUT2D eigenvalue weighted by Gasteiger charge is 2.26. The average molecular weight is 368 g/mol. The Bertz CT molecular complexity index is 915. The molecule has 3 heterocycles. The molecule has 0 unspecified atom stereocenters. The molecule has 142 valence electrons. The molecule has 7 heteroatoms. The number of likely N-dealkylation sites (tertiary alicyclic amines) is 1. The van der Waals surface area contributed by atoms with Crippen LogP contribution in [0.2, 0.25) is 0 Å². The zero-order valence-corrected chi connectivity index (χ0v) is 15.8. The van der Waals surface area contributed by atoms with Gasteiger partial charge in [0.05, 0.1) is 6.54 Å². The van der Waals surface area contributed by atoms with Crippen LogP contribution < -0.4 is 0 Å². The van der Waals surface area contributed by atoms with Gasteiger partial charge in [-0.1, -0.05) is 12.1 Å². The Morgan fingerprint density at radius 1 is 1.22 bits per heavy atom. The summed E-state index contributed by atoms with van der Waals surface area (Å²) in [6.45, 7) is 5.39. The number of aryl methyl sites for hydroxylation is 1. The molecule has 0 aliphatic carbocycles. The van der Waals surface area contributed by atoms with E-state index in [1.807, 2.05) is 26.2 Å². The van der Waals surface area contributed by atoms with Crippen molar-refractivity contribution in [3.63, 3.8) is 0 Å². The molecule has 4 rings (SSSR count). The topological polar surface area (TPSA) is 51.8 Å². The van der Waals surface area contributed by atoms with Gasteiger partial charge in [-0.25, -0.2) is 9.37 Å². The van der Waals surface area contributed by atoms with E-state index in [4.69, 9.17) is 0 Å². The number of nitrogens with zero attached hydrogens (tertiary/aromatic N) is 6. The molecule has 0 amide bonds. The van der Waals surface area contributed by atoms with Crippen LogP contribution in [0.15, 0.2) is 36.7 Å². The van der Waals surface area contributed by atoms with Crippen LogP contribution in [0.5, 0.6) is 0 Å². The predicted molar refractivity (Wildman–Crippen MR) is 101 cm³/mol. The quantitative estimate of drug-likeness (QED) is 0.695. The van der Waals surface area contributed by atoms with Gasteiger partial charge in [-0.2, -0.15) is 0 Å². The van der Waals surface area contributed by atoms with E-state index in [1.165, 1.54) is 6.07 Å². The molecule has 1 aliphatic rings. The van der Waals surface area contributed by atoms with Gasteiger partial charge >= 0.3 is 0 Å². The van der Waals surface area contributed by atoms with Crippen molar-refractivity contribution in [3.05, 3.63) is 65.5 Å². The average Bonchev–Trinajstić information content (AvgIpc) is 3.22. The summed E-state index contributed by atoms with van der Waals surface area (Å²) in [5, 5.41) is 8.92. The summed E-state index contributed by atoms with van der Waals surface area (Å²) in [6.07, 6.45) is 5.99. The highest BCUT2D eigenvalue weighted by molar-refractivity contribution is 5.16. The van der Waals surface area contributed by atoms with Gasteiger partial charge in [-0.05, 0) is 44.0 Å². The number of halogens is 1. The molecule has 1 aliphatic heterocycles. The first-order chi connectivity index (χ1) is 13.1. The Balaban J connectivity index is 1.46. The summed E-state index contributed by atoms with van der Waals surface area (Å²) in [4.78, 5) is 6.65. The number of piperidine rings is 1. The van der Waals surface area contributed by atoms with Crippen molar-refractivity contribution in [2.24, 2.45) is 7.05 Å². The number of hydrogen-bond donors (Lipinski definition) is 0. The molecule has 0 spiro atoms. The third-order valence-corrected chi connectivity index (χ3v) is 5.40. The van der Waals surface area contributed by atoms with Crippen molar-refractivity contribution in [2.75, 3.05) is 13.1 Å². The second-order valence-electron chi connectivity index (χ2n) is 7.34. The van der Waals surface area contributed by atoms with E-state index in [-0.39, 0.29) is 5.82 Å². The summed E-state index contributed by atoms with van der Waals surface area (Å²) in [5.74, 6) is 3.12. The summed E-state index contributed by atoms with van der Waals surface area (Å²) < 4.78 is 17.7. The molecule has 3 aromatic rings. The predicted octanol–water partition coefficient (Wildman–Crippen LogP) is 2.89. The molecule has 1 atom stereocenters. The van der Waals surface area contributed by atoms with Crippen molar-refractivity contribution < 1.29 is 4.39 Å². The van der Waals surface area contributed by atoms with Crippen LogP contribution in [0.3, 0.4) is 0 Å². The van der Waals surface area contributed by atoms with Crippen molar-refractivity contribution in [3.8, 4) is 0 Å². The van der Waals surface area contributed by atoms with E-state index in [9.17, 15) is 4.39 Å². The lowest BCUT2D eigenvalue weighted by Crippen LogP contribution is -2.34. The van der Waals surface area contributed by atoms with Crippen LogP contribution in [-0.4, -0.2) is 42.3 Å². The van der Waals surface area contributed by atoms with Gasteiger partial charge in [-0.15, -0.1) is 10.2 Å². The fourth-order valence-corrected chi connectivity index (χ4v) is 3.90. The van der Waals surface area contributed by atoms with Crippen LogP contribution in [0.25, 0.3) is 0 Å². The first-order valence-corrected chi connectivity index (χ1v) is 9.43. The Labute approximate surface area is 158 Å². The van der Waals surface area contributed by atoms with Crippen molar-refractivity contribution in [1.82, 2.24) is 29.2 Å². The van der Waals surface area contributed by atoms with E-state index in [0.29, 0.717) is 12.5 Å². The molecule has 0 saturated carbocycles. The minimum atomic E-state index is -0.172. The maximum Gasteiger partial charge on any atom is 0.152 e. The van der Waals surface area contributed by atoms with Gasteiger partial charge in [0.25, 0.3) is 0 Å². The maximum atomic E-state index is 13.5. The van der Waals surface area contributed by atoms with E-state index >= 15 is 0 Å². The SMILES string of the molecule is Cc1nccn1Cc1nnc([C@@H]2CCCN(Cc3cccc(F)c3)C2)n1C. The number of benzene rings is 1. The number of imidazole rings is 1. The van der Waals surface area contributed by atoms with Gasteiger partial charge < -0.3 is 9.13 Å². The Kier molecular flexibility index (Phi) is 5.03. The fraction of sp³-hybridized carbons (Fsp3) is 0.450. The highest BCUT2D eigenvalue weighted by atomic mass is 19.1. The van der Waals surface area contributed by atoms with E-state index < -0.39 is 0 Å². The minimum absolute atomic E-state index is 0.172. The first kappa shape index (κ1) is 17.9. The molecular formula is C20H25FN6. The third kappa shape index (κ3) is 3.93. The zero-order valence-electron chi connectivity index (χ0n) is 15.8. The molecule has 0 bridgehead atoms. The smallest absolute Gasteiger partial charge is 0.152 e. The molecule has 0 N–H and O–H groups in total. The summed E-state index contributed by atoms with van der Waals surface area (Å²) in [5.41, 5.74) is 1.02. The number of rotatable bonds is 5. The van der Waals surface area contributed by atoms with Gasteiger partial charge in [0.15, 0.2) is 5.82 Å². The Morgan fingerprint density at radius 3 is 2.89 bits per heavy atom. The molecule has 6 nitrogen and oxygen atoms in total.